The van der Waals surface area contributed by atoms with Crippen molar-refractivity contribution in [3.63, 3.8) is 0 Å². The van der Waals surface area contributed by atoms with Gasteiger partial charge in [0.15, 0.2) is 0 Å². The molecule has 0 amide bonds. The Hall–Kier alpha value is -3.68. The van der Waals surface area contributed by atoms with E-state index >= 15 is 0 Å². The van der Waals surface area contributed by atoms with Crippen LogP contribution < -0.4 is 9.46 Å². The molecule has 0 aromatic heterocycles. The van der Waals surface area contributed by atoms with Gasteiger partial charge < -0.3 is 4.74 Å². The molecule has 0 atom stereocenters. The molecule has 0 unspecified atom stereocenters. The molecule has 0 fully saturated rings. The minimum Gasteiger partial charge on any atom is -0.423 e. The number of aryl methyl sites for hydroxylation is 1. The van der Waals surface area contributed by atoms with Crippen LogP contribution in [0.5, 0.6) is 5.75 Å². The van der Waals surface area contributed by atoms with E-state index in [-0.39, 0.29) is 21.7 Å². The number of nitrogens with one attached hydrogen (secondary N) is 1. The van der Waals surface area contributed by atoms with Crippen molar-refractivity contribution < 1.29 is 44.1 Å². The molecule has 190 valence electrons. The SMILES string of the molecule is C=Cc1ccc(S(=O)(=O)Nc2ccc(C(=O)Oc3cc(C(F)(F)F)c(S(=O)(=O)O)cc3C)cc2)cc1. The molecule has 0 saturated heterocycles. The van der Waals surface area contributed by atoms with E-state index in [0.717, 1.165) is 5.56 Å². The molecule has 36 heavy (non-hydrogen) atoms. The summed E-state index contributed by atoms with van der Waals surface area (Å²) >= 11 is 0. The first-order chi connectivity index (χ1) is 16.6. The van der Waals surface area contributed by atoms with E-state index in [2.05, 4.69) is 11.3 Å². The Morgan fingerprint density at radius 3 is 2.08 bits per heavy atom. The van der Waals surface area contributed by atoms with Crippen LogP contribution in [0.3, 0.4) is 0 Å². The lowest BCUT2D eigenvalue weighted by molar-refractivity contribution is -0.140. The second-order valence-electron chi connectivity index (χ2n) is 7.43. The highest BCUT2D eigenvalue weighted by atomic mass is 32.2. The summed E-state index contributed by atoms with van der Waals surface area (Å²) in [6.45, 7) is 4.78. The maximum atomic E-state index is 13.3. The average Bonchev–Trinajstić information content (AvgIpc) is 2.79. The highest BCUT2D eigenvalue weighted by Gasteiger charge is 2.38. The van der Waals surface area contributed by atoms with Gasteiger partial charge in [-0.05, 0) is 66.6 Å². The number of carbonyl (C=O) groups is 1. The van der Waals surface area contributed by atoms with Gasteiger partial charge in [0.1, 0.15) is 10.6 Å². The minimum atomic E-state index is -5.20. The third-order valence-corrected chi connectivity index (χ3v) is 7.15. The van der Waals surface area contributed by atoms with Gasteiger partial charge in [0.25, 0.3) is 20.1 Å². The number of ether oxygens (including phenoxy) is 1. The van der Waals surface area contributed by atoms with Crippen molar-refractivity contribution >= 4 is 37.9 Å². The molecule has 0 aliphatic heterocycles. The van der Waals surface area contributed by atoms with Crippen molar-refractivity contribution in [2.75, 3.05) is 4.72 Å². The summed E-state index contributed by atoms with van der Waals surface area (Å²) < 4.78 is 104. The second kappa shape index (κ2) is 9.76. The molecule has 3 aromatic rings. The van der Waals surface area contributed by atoms with Gasteiger partial charge in [-0.2, -0.15) is 21.6 Å². The summed E-state index contributed by atoms with van der Waals surface area (Å²) in [5.41, 5.74) is -1.16. The highest BCUT2D eigenvalue weighted by molar-refractivity contribution is 7.92. The smallest absolute Gasteiger partial charge is 0.417 e. The molecule has 3 rings (SSSR count). The molecule has 0 saturated carbocycles. The summed E-state index contributed by atoms with van der Waals surface area (Å²) in [6.07, 6.45) is -3.61. The first-order valence-corrected chi connectivity index (χ1v) is 12.8. The van der Waals surface area contributed by atoms with Gasteiger partial charge in [-0.25, -0.2) is 13.2 Å². The predicted octanol–water partition coefficient (Wildman–Crippen LogP) is 4.92. The molecule has 13 heteroatoms. The quantitative estimate of drug-likeness (QED) is 0.247. The number of hydrogen-bond acceptors (Lipinski definition) is 6. The number of rotatable bonds is 7. The third kappa shape index (κ3) is 6.11. The van der Waals surface area contributed by atoms with E-state index in [9.17, 15) is 34.8 Å². The number of alkyl halides is 3. The second-order valence-corrected chi connectivity index (χ2v) is 10.5. The molecule has 0 radical (unpaired) electrons. The van der Waals surface area contributed by atoms with Crippen LogP contribution in [0.15, 0.2) is 77.0 Å². The minimum absolute atomic E-state index is 0.0131. The van der Waals surface area contributed by atoms with Crippen molar-refractivity contribution in [2.45, 2.75) is 22.9 Å². The van der Waals surface area contributed by atoms with E-state index in [1.165, 1.54) is 43.3 Å². The van der Waals surface area contributed by atoms with Gasteiger partial charge in [0, 0.05) is 5.69 Å². The summed E-state index contributed by atoms with van der Waals surface area (Å²) in [6, 6.07) is 11.6. The van der Waals surface area contributed by atoms with Crippen LogP contribution in [-0.4, -0.2) is 27.4 Å². The topological polar surface area (TPSA) is 127 Å². The molecular weight excluding hydrogens is 523 g/mol. The zero-order chi connectivity index (χ0) is 26.9. The fourth-order valence-corrected chi connectivity index (χ4v) is 4.87. The standard InChI is InChI=1S/C23H18F3NO7S2/c1-3-15-4-10-18(11-5-15)35(29,30)27-17-8-6-16(7-9-17)22(28)34-20-13-19(23(24,25)26)21(12-14(20)2)36(31,32)33/h3-13,27H,1H2,2H3,(H,31,32,33). The van der Waals surface area contributed by atoms with E-state index < -0.39 is 48.5 Å². The summed E-state index contributed by atoms with van der Waals surface area (Å²) in [5, 5.41) is 0. The van der Waals surface area contributed by atoms with Crippen LogP contribution in [0.1, 0.15) is 27.0 Å². The number of anilines is 1. The molecule has 0 bridgehead atoms. The van der Waals surface area contributed by atoms with E-state index in [4.69, 9.17) is 9.29 Å². The van der Waals surface area contributed by atoms with Crippen molar-refractivity contribution in [3.05, 3.63) is 89.5 Å². The van der Waals surface area contributed by atoms with Crippen LogP contribution in [0.25, 0.3) is 6.08 Å². The molecule has 0 heterocycles. The lowest BCUT2D eigenvalue weighted by atomic mass is 10.1. The first kappa shape index (κ1) is 26.9. The van der Waals surface area contributed by atoms with Gasteiger partial charge >= 0.3 is 12.1 Å². The van der Waals surface area contributed by atoms with E-state index in [1.54, 1.807) is 18.2 Å². The summed E-state index contributed by atoms with van der Waals surface area (Å²) in [7, 11) is -9.14. The molecule has 0 aliphatic carbocycles. The summed E-state index contributed by atoms with van der Waals surface area (Å²) in [4.78, 5) is 11.1. The Morgan fingerprint density at radius 1 is 1.00 bits per heavy atom. The molecule has 3 aromatic carbocycles. The predicted molar refractivity (Wildman–Crippen MR) is 125 cm³/mol. The van der Waals surface area contributed by atoms with Crippen molar-refractivity contribution in [1.82, 2.24) is 0 Å². The maximum absolute atomic E-state index is 13.3. The van der Waals surface area contributed by atoms with Crippen molar-refractivity contribution in [3.8, 4) is 5.75 Å². The van der Waals surface area contributed by atoms with Gasteiger partial charge in [-0.1, -0.05) is 24.8 Å². The number of sulfonamides is 1. The molecule has 0 aliphatic rings. The largest absolute Gasteiger partial charge is 0.423 e. The number of benzene rings is 3. The molecule has 2 N–H and O–H groups in total. The van der Waals surface area contributed by atoms with Crippen LogP contribution >= 0.6 is 0 Å². The Kier molecular flexibility index (Phi) is 7.30. The molecule has 0 spiro atoms. The van der Waals surface area contributed by atoms with Crippen molar-refractivity contribution in [2.24, 2.45) is 0 Å². The number of carbonyl (C=O) groups excluding carboxylic acids is 1. The van der Waals surface area contributed by atoms with E-state index in [1.807, 2.05) is 0 Å². The van der Waals surface area contributed by atoms with Gasteiger partial charge in [0.2, 0.25) is 0 Å². The Balaban J connectivity index is 1.82. The number of esters is 1. The van der Waals surface area contributed by atoms with Gasteiger partial charge in [-0.15, -0.1) is 0 Å². The maximum Gasteiger partial charge on any atom is 0.417 e. The lowest BCUT2D eigenvalue weighted by Crippen LogP contribution is -2.16. The zero-order valence-electron chi connectivity index (χ0n) is 18.4. The first-order valence-electron chi connectivity index (χ1n) is 9.89. The third-order valence-electron chi connectivity index (χ3n) is 4.86. The number of halogens is 3. The van der Waals surface area contributed by atoms with Crippen LogP contribution in [0.4, 0.5) is 18.9 Å². The van der Waals surface area contributed by atoms with Crippen molar-refractivity contribution in [1.29, 1.82) is 0 Å². The van der Waals surface area contributed by atoms with Gasteiger partial charge in [0.05, 0.1) is 16.0 Å². The van der Waals surface area contributed by atoms with Crippen LogP contribution in [0.2, 0.25) is 0 Å². The highest BCUT2D eigenvalue weighted by Crippen LogP contribution is 2.38. The van der Waals surface area contributed by atoms with Crippen LogP contribution in [0, 0.1) is 6.92 Å². The zero-order valence-corrected chi connectivity index (χ0v) is 20.0. The monoisotopic (exact) mass is 541 g/mol. The van der Waals surface area contributed by atoms with Crippen LogP contribution in [-0.2, 0) is 26.3 Å². The fourth-order valence-electron chi connectivity index (χ4n) is 3.04. The van der Waals surface area contributed by atoms with Gasteiger partial charge in [-0.3, -0.25) is 9.27 Å². The normalized spacial score (nSPS) is 12.1. The Labute approximate surface area is 204 Å². The lowest BCUT2D eigenvalue weighted by Gasteiger charge is -2.15. The molecular formula is C23H18F3NO7S2. The average molecular weight is 542 g/mol. The summed E-state index contributed by atoms with van der Waals surface area (Å²) in [5.74, 6) is -1.66. The Bertz CT molecular complexity index is 1530. The number of hydrogen-bond donors (Lipinski definition) is 2. The Morgan fingerprint density at radius 2 is 1.58 bits per heavy atom. The molecule has 8 nitrogen and oxygen atoms in total. The van der Waals surface area contributed by atoms with E-state index in [0.29, 0.717) is 12.1 Å². The fraction of sp³-hybridized carbons (Fsp3) is 0.0870.